The van der Waals surface area contributed by atoms with E-state index in [0.717, 1.165) is 22.5 Å². The van der Waals surface area contributed by atoms with Gasteiger partial charge in [-0.05, 0) is 47.2 Å². The number of fused-ring (bicyclic) bond motifs is 10. The summed E-state index contributed by atoms with van der Waals surface area (Å²) in [7, 11) is 0. The van der Waals surface area contributed by atoms with Crippen LogP contribution in [0.1, 0.15) is 0 Å². The smallest absolute Gasteiger partial charge is 0.181 e. The van der Waals surface area contributed by atoms with Crippen molar-refractivity contribution in [3.63, 3.8) is 0 Å². The fraction of sp³-hybridized carbons (Fsp3) is 0. The lowest BCUT2D eigenvalue weighted by Crippen LogP contribution is -1.98. The van der Waals surface area contributed by atoms with Crippen molar-refractivity contribution in [3.05, 3.63) is 128 Å². The molecule has 0 aliphatic rings. The molecule has 0 unspecified atom stereocenters. The predicted molar refractivity (Wildman–Crippen MR) is 160 cm³/mol. The van der Waals surface area contributed by atoms with Crippen molar-refractivity contribution in [3.8, 4) is 11.4 Å². The molecule has 0 spiro atoms. The van der Waals surface area contributed by atoms with Crippen molar-refractivity contribution in [1.29, 1.82) is 0 Å². The molecule has 0 bridgehead atoms. The fourth-order valence-electron chi connectivity index (χ4n) is 6.41. The first kappa shape index (κ1) is 20.7. The molecular weight excluding hydrogens is 478 g/mol. The highest BCUT2D eigenvalue weighted by Crippen LogP contribution is 2.43. The standard InChI is InChI=1S/C35H21N3O/c1-2-9-23(10-3-1)37-30-13-7-6-12-26(30)27-16-17-28-33-25-11-5-4-8-22(25)14-19-31(33)38(35(28)34(27)37)24-15-18-29-32(20-24)39-21-36-29/h1-21H. The third-order valence-electron chi connectivity index (χ3n) is 8.04. The van der Waals surface area contributed by atoms with Gasteiger partial charge in [0.05, 0.1) is 27.8 Å². The van der Waals surface area contributed by atoms with Crippen molar-refractivity contribution < 1.29 is 4.42 Å². The van der Waals surface area contributed by atoms with Crippen LogP contribution in [0.15, 0.2) is 132 Å². The zero-order valence-corrected chi connectivity index (χ0v) is 20.9. The highest BCUT2D eigenvalue weighted by atomic mass is 16.3. The van der Waals surface area contributed by atoms with Crippen LogP contribution in [0.5, 0.6) is 0 Å². The number of nitrogens with zero attached hydrogens (tertiary/aromatic N) is 3. The number of para-hydroxylation sites is 2. The van der Waals surface area contributed by atoms with Crippen LogP contribution in [0.25, 0.3) is 76.9 Å². The van der Waals surface area contributed by atoms with E-state index in [-0.39, 0.29) is 0 Å². The molecule has 0 saturated heterocycles. The van der Waals surface area contributed by atoms with Gasteiger partial charge in [-0.3, -0.25) is 0 Å². The van der Waals surface area contributed by atoms with Crippen molar-refractivity contribution in [1.82, 2.24) is 14.1 Å². The van der Waals surface area contributed by atoms with Gasteiger partial charge in [0, 0.05) is 33.3 Å². The molecule has 0 fully saturated rings. The SMILES string of the molecule is c1ccc(-n2c3ccccc3c3ccc4c5c6ccccc6ccc5n(-c5ccc6ncoc6c5)c4c32)cc1. The van der Waals surface area contributed by atoms with Gasteiger partial charge < -0.3 is 13.6 Å². The Morgan fingerprint density at radius 3 is 2.18 bits per heavy atom. The fourth-order valence-corrected chi connectivity index (χ4v) is 6.41. The molecule has 0 aliphatic carbocycles. The Balaban J connectivity index is 1.59. The van der Waals surface area contributed by atoms with E-state index in [9.17, 15) is 0 Å². The highest BCUT2D eigenvalue weighted by molar-refractivity contribution is 6.28. The van der Waals surface area contributed by atoms with Gasteiger partial charge in [-0.1, -0.05) is 78.9 Å². The van der Waals surface area contributed by atoms with E-state index in [0.29, 0.717) is 0 Å². The number of hydrogen-bond donors (Lipinski definition) is 0. The maximum Gasteiger partial charge on any atom is 0.181 e. The molecule has 0 amide bonds. The Morgan fingerprint density at radius 2 is 1.26 bits per heavy atom. The average Bonchev–Trinajstić information content (AvgIpc) is 3.69. The van der Waals surface area contributed by atoms with Crippen molar-refractivity contribution >= 4 is 65.5 Å². The first-order valence-electron chi connectivity index (χ1n) is 13.1. The quantitative estimate of drug-likeness (QED) is 0.238. The first-order chi connectivity index (χ1) is 19.4. The highest BCUT2D eigenvalue weighted by Gasteiger charge is 2.22. The largest absolute Gasteiger partial charge is 0.443 e. The van der Waals surface area contributed by atoms with Gasteiger partial charge in [-0.15, -0.1) is 0 Å². The second-order valence-electron chi connectivity index (χ2n) is 10.1. The topological polar surface area (TPSA) is 35.9 Å². The summed E-state index contributed by atoms with van der Waals surface area (Å²) in [6.07, 6.45) is 1.51. The van der Waals surface area contributed by atoms with Gasteiger partial charge in [-0.2, -0.15) is 0 Å². The van der Waals surface area contributed by atoms with Gasteiger partial charge >= 0.3 is 0 Å². The molecule has 4 nitrogen and oxygen atoms in total. The number of benzene rings is 6. The Labute approximate surface area is 222 Å². The molecule has 0 radical (unpaired) electrons. The van der Waals surface area contributed by atoms with Gasteiger partial charge in [-0.25, -0.2) is 4.98 Å². The summed E-state index contributed by atoms with van der Waals surface area (Å²) in [4.78, 5) is 4.36. The van der Waals surface area contributed by atoms with E-state index in [1.807, 2.05) is 6.07 Å². The van der Waals surface area contributed by atoms with E-state index >= 15 is 0 Å². The molecule has 0 saturated carbocycles. The van der Waals surface area contributed by atoms with E-state index in [1.54, 1.807) is 0 Å². The molecule has 182 valence electrons. The Morgan fingerprint density at radius 1 is 0.513 bits per heavy atom. The molecule has 0 aliphatic heterocycles. The molecule has 9 aromatic rings. The van der Waals surface area contributed by atoms with E-state index in [4.69, 9.17) is 4.42 Å². The van der Waals surface area contributed by atoms with Crippen LogP contribution in [0, 0.1) is 0 Å². The van der Waals surface area contributed by atoms with Crippen LogP contribution in [0.3, 0.4) is 0 Å². The molecule has 0 N–H and O–H groups in total. The normalized spacial score (nSPS) is 12.1. The molecule has 3 heterocycles. The van der Waals surface area contributed by atoms with E-state index in [2.05, 4.69) is 129 Å². The summed E-state index contributed by atoms with van der Waals surface area (Å²) in [6.45, 7) is 0. The Hall–Kier alpha value is -5.35. The Kier molecular flexibility index (Phi) is 4.02. The van der Waals surface area contributed by atoms with Gasteiger partial charge in [0.2, 0.25) is 0 Å². The van der Waals surface area contributed by atoms with E-state index in [1.165, 1.54) is 60.8 Å². The summed E-state index contributed by atoms with van der Waals surface area (Å²) in [5.74, 6) is 0. The minimum absolute atomic E-state index is 0.777. The van der Waals surface area contributed by atoms with Crippen LogP contribution < -0.4 is 0 Å². The molecule has 4 heteroatoms. The van der Waals surface area contributed by atoms with Gasteiger partial charge in [0.25, 0.3) is 0 Å². The lowest BCUT2D eigenvalue weighted by molar-refractivity contribution is 0.602. The Bertz CT molecular complexity index is 2390. The second kappa shape index (κ2) is 7.59. The maximum atomic E-state index is 5.75. The molecule has 3 aromatic heterocycles. The van der Waals surface area contributed by atoms with Crippen molar-refractivity contribution in [2.45, 2.75) is 0 Å². The lowest BCUT2D eigenvalue weighted by Gasteiger charge is -2.12. The number of oxazole rings is 1. The average molecular weight is 500 g/mol. The molecule has 9 rings (SSSR count). The summed E-state index contributed by atoms with van der Waals surface area (Å²) < 4.78 is 10.6. The monoisotopic (exact) mass is 499 g/mol. The van der Waals surface area contributed by atoms with Crippen LogP contribution in [0.4, 0.5) is 0 Å². The third kappa shape index (κ3) is 2.75. The van der Waals surface area contributed by atoms with Crippen LogP contribution in [-0.4, -0.2) is 14.1 Å². The molecule has 39 heavy (non-hydrogen) atoms. The summed E-state index contributed by atoms with van der Waals surface area (Å²) in [5.41, 5.74) is 8.55. The summed E-state index contributed by atoms with van der Waals surface area (Å²) in [6, 6.07) is 43.4. The summed E-state index contributed by atoms with van der Waals surface area (Å²) >= 11 is 0. The summed E-state index contributed by atoms with van der Waals surface area (Å²) in [5, 5.41) is 7.45. The minimum Gasteiger partial charge on any atom is -0.443 e. The van der Waals surface area contributed by atoms with E-state index < -0.39 is 0 Å². The lowest BCUT2D eigenvalue weighted by atomic mass is 10.0. The number of hydrogen-bond acceptors (Lipinski definition) is 2. The van der Waals surface area contributed by atoms with Gasteiger partial charge in [0.15, 0.2) is 12.0 Å². The molecular formula is C35H21N3O. The van der Waals surface area contributed by atoms with Crippen LogP contribution >= 0.6 is 0 Å². The molecule has 0 atom stereocenters. The van der Waals surface area contributed by atoms with Crippen molar-refractivity contribution in [2.75, 3.05) is 0 Å². The number of rotatable bonds is 2. The van der Waals surface area contributed by atoms with Crippen LogP contribution in [0.2, 0.25) is 0 Å². The maximum absolute atomic E-state index is 5.75. The zero-order valence-electron chi connectivity index (χ0n) is 20.9. The van der Waals surface area contributed by atoms with Crippen LogP contribution in [-0.2, 0) is 0 Å². The molecule has 6 aromatic carbocycles. The van der Waals surface area contributed by atoms with Gasteiger partial charge in [0.1, 0.15) is 5.52 Å². The number of aromatic nitrogens is 3. The first-order valence-corrected chi connectivity index (χ1v) is 13.1. The predicted octanol–water partition coefficient (Wildman–Crippen LogP) is 9.18. The zero-order chi connectivity index (χ0) is 25.5. The minimum atomic E-state index is 0.777. The van der Waals surface area contributed by atoms with Crippen molar-refractivity contribution in [2.24, 2.45) is 0 Å². The third-order valence-corrected chi connectivity index (χ3v) is 8.04. The second-order valence-corrected chi connectivity index (χ2v) is 10.1.